The van der Waals surface area contributed by atoms with Gasteiger partial charge in [-0.1, -0.05) is 204 Å². The van der Waals surface area contributed by atoms with Crippen LogP contribution in [0, 0.1) is 0 Å². The van der Waals surface area contributed by atoms with E-state index in [-0.39, 0.29) is 6.61 Å². The van der Waals surface area contributed by atoms with Crippen molar-refractivity contribution in [1.29, 1.82) is 0 Å². The highest BCUT2D eigenvalue weighted by molar-refractivity contribution is 5.80. The van der Waals surface area contributed by atoms with Gasteiger partial charge in [0.05, 0.1) is 18.8 Å². The number of hydrogen-bond donors (Lipinski definition) is 4. The zero-order valence-corrected chi connectivity index (χ0v) is 35.1. The van der Waals surface area contributed by atoms with Gasteiger partial charge in [0.25, 0.3) is 0 Å². The molecule has 53 heavy (non-hydrogen) atoms. The van der Waals surface area contributed by atoms with Crippen LogP contribution in [0.3, 0.4) is 0 Å². The highest BCUT2D eigenvalue weighted by atomic mass is 16.3. The van der Waals surface area contributed by atoms with E-state index in [1.54, 1.807) is 6.08 Å². The first-order valence-corrected chi connectivity index (χ1v) is 23.0. The van der Waals surface area contributed by atoms with E-state index in [1.165, 1.54) is 161 Å². The molecule has 0 heterocycles. The van der Waals surface area contributed by atoms with Gasteiger partial charge in [-0.3, -0.25) is 4.79 Å². The summed E-state index contributed by atoms with van der Waals surface area (Å²) in [5.74, 6) is -0.522. The van der Waals surface area contributed by atoms with Crippen LogP contribution in [-0.4, -0.2) is 46.1 Å². The Kier molecular flexibility index (Phi) is 41.7. The highest BCUT2D eigenvalue weighted by Gasteiger charge is 2.22. The maximum Gasteiger partial charge on any atom is 0.249 e. The SMILES string of the molecule is CCCCCCCCCCC/C=C/CC/C=C/CC/C=C/C(O)C(CO)NC(=O)C(O)CCCCCCCC/C=C\CCCCCCCCCCCC. The molecule has 310 valence electrons. The molecule has 0 aliphatic rings. The van der Waals surface area contributed by atoms with Crippen molar-refractivity contribution in [2.45, 2.75) is 244 Å². The second-order valence-corrected chi connectivity index (χ2v) is 15.6. The summed E-state index contributed by atoms with van der Waals surface area (Å²) in [5.41, 5.74) is 0. The molecule has 0 saturated heterocycles. The zero-order valence-electron chi connectivity index (χ0n) is 35.1. The first kappa shape index (κ1) is 51.3. The summed E-state index contributed by atoms with van der Waals surface area (Å²) in [4.78, 5) is 12.5. The van der Waals surface area contributed by atoms with Crippen LogP contribution >= 0.6 is 0 Å². The van der Waals surface area contributed by atoms with Crippen LogP contribution in [0.2, 0.25) is 0 Å². The van der Waals surface area contributed by atoms with E-state index in [4.69, 9.17) is 0 Å². The van der Waals surface area contributed by atoms with Gasteiger partial charge in [0.15, 0.2) is 0 Å². The van der Waals surface area contributed by atoms with Gasteiger partial charge in [0, 0.05) is 0 Å². The van der Waals surface area contributed by atoms with Crippen molar-refractivity contribution in [3.05, 3.63) is 48.6 Å². The monoisotopic (exact) mass is 744 g/mol. The molecule has 0 aliphatic heterocycles. The average Bonchev–Trinajstić information content (AvgIpc) is 3.16. The molecule has 0 radical (unpaired) electrons. The van der Waals surface area contributed by atoms with E-state index < -0.39 is 24.2 Å². The molecule has 0 aromatic carbocycles. The maximum absolute atomic E-state index is 12.5. The van der Waals surface area contributed by atoms with Crippen molar-refractivity contribution >= 4 is 5.91 Å². The largest absolute Gasteiger partial charge is 0.394 e. The molecule has 0 rings (SSSR count). The number of unbranched alkanes of at least 4 members (excludes halogenated alkanes) is 27. The van der Waals surface area contributed by atoms with Crippen LogP contribution in [0.1, 0.15) is 226 Å². The van der Waals surface area contributed by atoms with Gasteiger partial charge in [-0.25, -0.2) is 0 Å². The number of hydrogen-bond acceptors (Lipinski definition) is 4. The summed E-state index contributed by atoms with van der Waals surface area (Å²) < 4.78 is 0. The molecule has 0 aromatic heterocycles. The normalized spacial score (nSPS) is 14.0. The van der Waals surface area contributed by atoms with Gasteiger partial charge >= 0.3 is 0 Å². The number of carbonyl (C=O) groups is 1. The molecule has 5 nitrogen and oxygen atoms in total. The Hall–Kier alpha value is -1.69. The van der Waals surface area contributed by atoms with Crippen LogP contribution in [0.15, 0.2) is 48.6 Å². The molecule has 4 N–H and O–H groups in total. The Morgan fingerprint density at radius 2 is 0.774 bits per heavy atom. The highest BCUT2D eigenvalue weighted by Crippen LogP contribution is 2.14. The van der Waals surface area contributed by atoms with Crippen molar-refractivity contribution in [2.24, 2.45) is 0 Å². The minimum Gasteiger partial charge on any atom is -0.394 e. The molecule has 0 aliphatic carbocycles. The van der Waals surface area contributed by atoms with Crippen LogP contribution in [0.4, 0.5) is 0 Å². The van der Waals surface area contributed by atoms with Crippen molar-refractivity contribution in [1.82, 2.24) is 5.32 Å². The molecular weight excluding hydrogens is 655 g/mol. The lowest BCUT2D eigenvalue weighted by molar-refractivity contribution is -0.131. The number of aliphatic hydroxyl groups excluding tert-OH is 3. The Balaban J connectivity index is 3.75. The fraction of sp³-hybridized carbons (Fsp3) is 0.812. The van der Waals surface area contributed by atoms with Crippen molar-refractivity contribution in [3.63, 3.8) is 0 Å². The molecule has 0 fully saturated rings. The molecule has 3 unspecified atom stereocenters. The summed E-state index contributed by atoms with van der Waals surface area (Å²) in [6, 6.07) is -0.824. The number of aliphatic hydroxyl groups is 3. The fourth-order valence-electron chi connectivity index (χ4n) is 6.74. The third-order valence-electron chi connectivity index (χ3n) is 10.4. The van der Waals surface area contributed by atoms with Gasteiger partial charge in [0.1, 0.15) is 6.10 Å². The molecule has 5 heteroatoms. The third-order valence-corrected chi connectivity index (χ3v) is 10.4. The third kappa shape index (κ3) is 38.4. The number of nitrogens with one attached hydrogen (secondary N) is 1. The zero-order chi connectivity index (χ0) is 38.7. The number of amides is 1. The molecule has 0 saturated carbocycles. The summed E-state index contributed by atoms with van der Waals surface area (Å²) >= 11 is 0. The molecule has 0 bridgehead atoms. The summed E-state index contributed by atoms with van der Waals surface area (Å²) in [7, 11) is 0. The molecule has 1 amide bonds. The van der Waals surface area contributed by atoms with Crippen LogP contribution in [-0.2, 0) is 4.79 Å². The quantitative estimate of drug-likeness (QED) is 0.0371. The smallest absolute Gasteiger partial charge is 0.249 e. The topological polar surface area (TPSA) is 89.8 Å². The molecule has 0 spiro atoms. The molecule has 0 aromatic rings. The number of carbonyl (C=O) groups excluding carboxylic acids is 1. The van der Waals surface area contributed by atoms with E-state index in [0.717, 1.165) is 44.9 Å². The Bertz CT molecular complexity index is 866. The molecule has 3 atom stereocenters. The minimum atomic E-state index is -1.11. The van der Waals surface area contributed by atoms with E-state index >= 15 is 0 Å². The van der Waals surface area contributed by atoms with E-state index in [9.17, 15) is 20.1 Å². The summed E-state index contributed by atoms with van der Waals surface area (Å²) in [5, 5.41) is 33.1. The van der Waals surface area contributed by atoms with E-state index in [1.807, 2.05) is 6.08 Å². The van der Waals surface area contributed by atoms with Crippen molar-refractivity contribution < 1.29 is 20.1 Å². The predicted octanol–water partition coefficient (Wildman–Crippen LogP) is 13.3. The summed E-state index contributed by atoms with van der Waals surface area (Å²) in [6.07, 6.45) is 55.7. The average molecular weight is 744 g/mol. The minimum absolute atomic E-state index is 0.384. The Morgan fingerprint density at radius 1 is 0.453 bits per heavy atom. The lowest BCUT2D eigenvalue weighted by atomic mass is 10.0. The standard InChI is InChI=1S/C48H89NO4/c1-3-5-7-9-11-13-15-17-19-21-23-25-27-29-31-33-35-37-39-41-43-47(52)48(53)49-45(44-50)46(51)42-40-38-36-34-32-30-28-26-24-22-20-18-16-14-12-10-8-6-4-2/h24-27,32,34,40,42,45-47,50-52H,3-23,28-31,33,35-39,41,43-44H2,1-2H3,(H,49,53)/b26-24+,27-25-,34-32+,42-40+. The van der Waals surface area contributed by atoms with Gasteiger partial charge in [0.2, 0.25) is 5.91 Å². The van der Waals surface area contributed by atoms with Crippen molar-refractivity contribution in [3.8, 4) is 0 Å². The number of allylic oxidation sites excluding steroid dienone is 7. The van der Waals surface area contributed by atoms with Gasteiger partial charge in [-0.15, -0.1) is 0 Å². The number of rotatable bonds is 41. The second-order valence-electron chi connectivity index (χ2n) is 15.6. The lowest BCUT2D eigenvalue weighted by Gasteiger charge is -2.21. The van der Waals surface area contributed by atoms with Crippen LogP contribution in [0.5, 0.6) is 0 Å². The lowest BCUT2D eigenvalue weighted by Crippen LogP contribution is -2.48. The van der Waals surface area contributed by atoms with Gasteiger partial charge in [-0.2, -0.15) is 0 Å². The summed E-state index contributed by atoms with van der Waals surface area (Å²) in [6.45, 7) is 4.17. The maximum atomic E-state index is 12.5. The second kappa shape index (κ2) is 43.0. The van der Waals surface area contributed by atoms with Gasteiger partial charge in [-0.05, 0) is 70.6 Å². The first-order valence-electron chi connectivity index (χ1n) is 23.0. The molecular formula is C48H89NO4. The predicted molar refractivity (Wildman–Crippen MR) is 231 cm³/mol. The van der Waals surface area contributed by atoms with Crippen LogP contribution in [0.25, 0.3) is 0 Å². The van der Waals surface area contributed by atoms with Crippen LogP contribution < -0.4 is 5.32 Å². The van der Waals surface area contributed by atoms with Crippen molar-refractivity contribution in [2.75, 3.05) is 6.61 Å². The van der Waals surface area contributed by atoms with E-state index in [2.05, 4.69) is 55.6 Å². The Labute approximate surface area is 329 Å². The fourth-order valence-corrected chi connectivity index (χ4v) is 6.74. The Morgan fingerprint density at radius 3 is 1.15 bits per heavy atom. The van der Waals surface area contributed by atoms with E-state index in [0.29, 0.717) is 6.42 Å². The first-order chi connectivity index (χ1) is 26.1. The van der Waals surface area contributed by atoms with Gasteiger partial charge < -0.3 is 20.6 Å².